The van der Waals surface area contributed by atoms with E-state index in [1.54, 1.807) is 13.0 Å². The summed E-state index contributed by atoms with van der Waals surface area (Å²) in [4.78, 5) is 44.7. The Bertz CT molecular complexity index is 1360. The summed E-state index contributed by atoms with van der Waals surface area (Å²) in [5, 5.41) is 0.902. The second-order valence-electron chi connectivity index (χ2n) is 6.69. The third kappa shape index (κ3) is 4.09. The number of hydrogen-bond acceptors (Lipinski definition) is 6. The number of ketones is 1. The van der Waals surface area contributed by atoms with E-state index in [0.29, 0.717) is 5.52 Å². The zero-order valence-corrected chi connectivity index (χ0v) is 17.4. The van der Waals surface area contributed by atoms with E-state index in [9.17, 15) is 18.8 Å². The highest BCUT2D eigenvalue weighted by atomic mass is 32.2. The maximum Gasteiger partial charge on any atom is 0.313 e. The minimum atomic E-state index is -0.611. The van der Waals surface area contributed by atoms with Crippen LogP contribution in [0.4, 0.5) is 4.39 Å². The first-order valence-electron chi connectivity index (χ1n) is 9.58. The van der Waals surface area contributed by atoms with Gasteiger partial charge in [0.25, 0.3) is 5.56 Å². The third-order valence-electron chi connectivity index (χ3n) is 4.60. The summed E-state index contributed by atoms with van der Waals surface area (Å²) in [5.41, 5.74) is 0.954. The molecule has 4 rings (SSSR count). The van der Waals surface area contributed by atoms with E-state index in [0.717, 1.165) is 27.2 Å². The molecule has 0 aliphatic rings. The average Bonchev–Trinajstić information content (AvgIpc) is 3.12. The number of aromatic nitrogens is 3. The minimum absolute atomic E-state index is 0.0286. The number of benzene rings is 2. The summed E-state index contributed by atoms with van der Waals surface area (Å²) >= 11 is 0.974. The number of nitrogens with zero attached hydrogens (tertiary/aromatic N) is 2. The van der Waals surface area contributed by atoms with Crippen molar-refractivity contribution in [1.29, 1.82) is 0 Å². The lowest BCUT2D eigenvalue weighted by Gasteiger charge is -2.12. The predicted molar refractivity (Wildman–Crippen MR) is 116 cm³/mol. The zero-order valence-electron chi connectivity index (χ0n) is 16.6. The lowest BCUT2D eigenvalue weighted by atomic mass is 10.2. The number of carbonyl (C=O) groups excluding carboxylic acids is 2. The SMILES string of the molecule is CCOC(=O)CC(=O)CSc1nc2c([nH]c3ccccc32)c(=O)n1-c1ccccc1F. The zero-order chi connectivity index (χ0) is 22.0. The summed E-state index contributed by atoms with van der Waals surface area (Å²) in [6, 6.07) is 13.2. The largest absolute Gasteiger partial charge is 0.466 e. The molecular weight excluding hydrogens is 421 g/mol. The Balaban J connectivity index is 1.82. The van der Waals surface area contributed by atoms with Crippen LogP contribution in [-0.4, -0.2) is 38.6 Å². The van der Waals surface area contributed by atoms with Crippen molar-refractivity contribution < 1.29 is 18.7 Å². The van der Waals surface area contributed by atoms with Crippen molar-refractivity contribution in [1.82, 2.24) is 14.5 Å². The quantitative estimate of drug-likeness (QED) is 0.205. The smallest absolute Gasteiger partial charge is 0.313 e. The molecule has 4 aromatic rings. The van der Waals surface area contributed by atoms with Gasteiger partial charge in [-0.3, -0.25) is 19.0 Å². The Labute approximate surface area is 180 Å². The first-order chi connectivity index (χ1) is 15.0. The van der Waals surface area contributed by atoms with Gasteiger partial charge in [0.1, 0.15) is 23.3 Å². The first kappa shape index (κ1) is 20.8. The highest BCUT2D eigenvalue weighted by molar-refractivity contribution is 7.99. The number of H-pyrrole nitrogens is 1. The molecule has 0 saturated carbocycles. The molecule has 0 spiro atoms. The van der Waals surface area contributed by atoms with Crippen molar-refractivity contribution in [3.05, 3.63) is 64.7 Å². The normalized spacial score (nSPS) is 11.2. The minimum Gasteiger partial charge on any atom is -0.466 e. The Hall–Kier alpha value is -3.46. The molecule has 9 heteroatoms. The van der Waals surface area contributed by atoms with Crippen LogP contribution in [0, 0.1) is 5.82 Å². The molecule has 0 saturated heterocycles. The van der Waals surface area contributed by atoms with Gasteiger partial charge in [-0.15, -0.1) is 0 Å². The van der Waals surface area contributed by atoms with Gasteiger partial charge in [0.2, 0.25) is 0 Å². The standard InChI is InChI=1S/C22H18FN3O4S/c1-2-30-18(28)11-13(27)12-31-22-25-19-14-7-3-5-9-16(14)24-20(19)21(29)26(22)17-10-6-4-8-15(17)23/h3-10,24H,2,11-12H2,1H3. The van der Waals surface area contributed by atoms with E-state index in [2.05, 4.69) is 9.97 Å². The monoisotopic (exact) mass is 439 g/mol. The average molecular weight is 439 g/mol. The number of nitrogens with one attached hydrogen (secondary N) is 1. The second kappa shape index (κ2) is 8.73. The van der Waals surface area contributed by atoms with Gasteiger partial charge in [-0.05, 0) is 25.1 Å². The van der Waals surface area contributed by atoms with Crippen LogP contribution >= 0.6 is 11.8 Å². The van der Waals surface area contributed by atoms with Crippen molar-refractivity contribution in [3.63, 3.8) is 0 Å². The second-order valence-corrected chi connectivity index (χ2v) is 7.63. The third-order valence-corrected chi connectivity index (χ3v) is 5.60. The molecule has 31 heavy (non-hydrogen) atoms. The fourth-order valence-corrected chi connectivity index (χ4v) is 4.11. The number of halogens is 1. The molecule has 7 nitrogen and oxygen atoms in total. The fraction of sp³-hybridized carbons (Fsp3) is 0.182. The molecule has 0 unspecified atom stereocenters. The number of aromatic amines is 1. The van der Waals surface area contributed by atoms with Gasteiger partial charge in [0, 0.05) is 10.9 Å². The van der Waals surface area contributed by atoms with Crippen LogP contribution in [0.5, 0.6) is 0 Å². The molecule has 0 atom stereocenters. The van der Waals surface area contributed by atoms with Crippen molar-refractivity contribution in [2.45, 2.75) is 18.5 Å². The van der Waals surface area contributed by atoms with E-state index in [4.69, 9.17) is 4.74 Å². The Morgan fingerprint density at radius 3 is 2.68 bits per heavy atom. The van der Waals surface area contributed by atoms with Gasteiger partial charge in [0.05, 0.1) is 18.0 Å². The molecule has 0 aliphatic heterocycles. The van der Waals surface area contributed by atoms with E-state index >= 15 is 0 Å². The van der Waals surface area contributed by atoms with Crippen LogP contribution in [0.2, 0.25) is 0 Å². The fourth-order valence-electron chi connectivity index (χ4n) is 3.25. The highest BCUT2D eigenvalue weighted by Gasteiger charge is 2.20. The van der Waals surface area contributed by atoms with Crippen molar-refractivity contribution in [2.24, 2.45) is 0 Å². The van der Waals surface area contributed by atoms with E-state index < -0.39 is 17.3 Å². The maximum absolute atomic E-state index is 14.6. The Kier molecular flexibility index (Phi) is 5.85. The van der Waals surface area contributed by atoms with Crippen LogP contribution in [0.3, 0.4) is 0 Å². The van der Waals surface area contributed by atoms with Gasteiger partial charge >= 0.3 is 5.97 Å². The number of fused-ring (bicyclic) bond motifs is 3. The van der Waals surface area contributed by atoms with Crippen LogP contribution in [0.1, 0.15) is 13.3 Å². The van der Waals surface area contributed by atoms with Crippen LogP contribution in [-0.2, 0) is 14.3 Å². The van der Waals surface area contributed by atoms with Gasteiger partial charge in [-0.2, -0.15) is 0 Å². The van der Waals surface area contributed by atoms with Crippen LogP contribution < -0.4 is 5.56 Å². The summed E-state index contributed by atoms with van der Waals surface area (Å²) in [6.07, 6.45) is -0.375. The summed E-state index contributed by atoms with van der Waals surface area (Å²) < 4.78 is 20.5. The molecule has 2 heterocycles. The topological polar surface area (TPSA) is 94.1 Å². The van der Waals surface area contributed by atoms with Crippen molar-refractivity contribution in [3.8, 4) is 5.69 Å². The molecule has 0 amide bonds. The number of esters is 1. The molecule has 158 valence electrons. The van der Waals surface area contributed by atoms with E-state index in [1.807, 2.05) is 24.3 Å². The molecule has 1 N–H and O–H groups in total. The molecule has 0 fully saturated rings. The first-order valence-corrected chi connectivity index (χ1v) is 10.6. The number of thioether (sulfide) groups is 1. The summed E-state index contributed by atoms with van der Waals surface area (Å²) in [5.74, 6) is -1.70. The Morgan fingerprint density at radius 2 is 1.90 bits per heavy atom. The molecule has 2 aromatic heterocycles. The number of hydrogen-bond donors (Lipinski definition) is 1. The number of carbonyl (C=O) groups is 2. The molecule has 0 radical (unpaired) electrons. The van der Waals surface area contributed by atoms with E-state index in [-0.39, 0.29) is 40.9 Å². The lowest BCUT2D eigenvalue weighted by Crippen LogP contribution is -2.23. The molecule has 2 aromatic carbocycles. The van der Waals surface area contributed by atoms with Crippen LogP contribution in [0.25, 0.3) is 27.6 Å². The van der Waals surface area contributed by atoms with Gasteiger partial charge in [0.15, 0.2) is 10.9 Å². The number of rotatable bonds is 7. The highest BCUT2D eigenvalue weighted by Crippen LogP contribution is 2.27. The van der Waals surface area contributed by atoms with Crippen molar-refractivity contribution in [2.75, 3.05) is 12.4 Å². The van der Waals surface area contributed by atoms with Crippen molar-refractivity contribution >= 4 is 45.5 Å². The number of ether oxygens (including phenoxy) is 1. The van der Waals surface area contributed by atoms with Gasteiger partial charge < -0.3 is 9.72 Å². The van der Waals surface area contributed by atoms with Crippen LogP contribution in [0.15, 0.2) is 58.5 Å². The summed E-state index contributed by atoms with van der Waals surface area (Å²) in [7, 11) is 0. The molecule has 0 bridgehead atoms. The van der Waals surface area contributed by atoms with Gasteiger partial charge in [-0.1, -0.05) is 42.1 Å². The van der Waals surface area contributed by atoms with E-state index in [1.165, 1.54) is 18.2 Å². The predicted octanol–water partition coefficient (Wildman–Crippen LogP) is 3.62. The number of para-hydroxylation sites is 2. The number of Topliss-reactive ketones (excluding diaryl/α,β-unsaturated/α-hetero) is 1. The summed E-state index contributed by atoms with van der Waals surface area (Å²) in [6.45, 7) is 1.84. The van der Waals surface area contributed by atoms with Gasteiger partial charge in [-0.25, -0.2) is 9.37 Å². The Morgan fingerprint density at radius 1 is 1.16 bits per heavy atom. The molecule has 0 aliphatic carbocycles. The molecular formula is C22H18FN3O4S. The lowest BCUT2D eigenvalue weighted by molar-refractivity contribution is -0.145. The maximum atomic E-state index is 14.6.